The second-order valence-corrected chi connectivity index (χ2v) is 4.10. The molecular weight excluding hydrogens is 284 g/mol. The van der Waals surface area contributed by atoms with Crippen molar-refractivity contribution >= 4 is 18.2 Å². The van der Waals surface area contributed by atoms with Gasteiger partial charge in [-0.15, -0.1) is 0 Å². The van der Waals surface area contributed by atoms with Gasteiger partial charge in [0.2, 0.25) is 6.54 Å². The predicted octanol–water partition coefficient (Wildman–Crippen LogP) is 0.873. The number of esters is 2. The Bertz CT molecular complexity index is 538. The molecule has 0 bridgehead atoms. The zero-order chi connectivity index (χ0) is 16.0. The molecule has 0 fully saturated rings. The number of hydrogen-bond donors (Lipinski definition) is 0. The molecule has 6 nitrogen and oxygen atoms in total. The molecule has 0 spiro atoms. The van der Waals surface area contributed by atoms with Crippen LogP contribution in [-0.2, 0) is 25.6 Å². The molecule has 1 rings (SSSR count). The number of aliphatic imine (C=N–C) groups is 1. The topological polar surface area (TPSA) is 68.8 Å². The maximum atomic E-state index is 11.5. The minimum absolute atomic E-state index is 0.0159. The van der Waals surface area contributed by atoms with E-state index in [0.29, 0.717) is 0 Å². The van der Waals surface area contributed by atoms with E-state index in [1.165, 1.54) is 6.21 Å². The molecule has 0 N–H and O–H groups in total. The fourth-order valence-corrected chi connectivity index (χ4v) is 1.41. The lowest BCUT2D eigenvalue weighted by atomic mass is 10.5. The first-order valence-electron chi connectivity index (χ1n) is 6.75. The quantitative estimate of drug-likeness (QED) is 0.223. The molecule has 1 heterocycles. The van der Waals surface area contributed by atoms with Gasteiger partial charge in [-0.05, 0) is 6.08 Å². The van der Waals surface area contributed by atoms with Crippen molar-refractivity contribution in [3.05, 3.63) is 55.4 Å². The van der Waals surface area contributed by atoms with Gasteiger partial charge in [0.25, 0.3) is 0 Å². The van der Waals surface area contributed by atoms with Crippen molar-refractivity contribution in [3.63, 3.8) is 0 Å². The van der Waals surface area contributed by atoms with Crippen LogP contribution in [0.5, 0.6) is 0 Å². The second kappa shape index (κ2) is 11.0. The van der Waals surface area contributed by atoms with Crippen molar-refractivity contribution in [2.45, 2.75) is 6.54 Å². The molecule has 0 aliphatic carbocycles. The lowest BCUT2D eigenvalue weighted by Gasteiger charge is -2.04. The maximum absolute atomic E-state index is 11.5. The number of allylic oxidation sites excluding steroid dienone is 3. The van der Waals surface area contributed by atoms with Gasteiger partial charge in [0.15, 0.2) is 12.4 Å². The summed E-state index contributed by atoms with van der Waals surface area (Å²) in [6.45, 7) is 3.59. The third kappa shape index (κ3) is 8.42. The highest BCUT2D eigenvalue weighted by Gasteiger charge is 2.10. The van der Waals surface area contributed by atoms with Crippen LogP contribution in [0.2, 0.25) is 0 Å². The lowest BCUT2D eigenvalue weighted by molar-refractivity contribution is -0.686. The molecular formula is C16H19N2O4+. The summed E-state index contributed by atoms with van der Waals surface area (Å²) < 4.78 is 11.5. The summed E-state index contributed by atoms with van der Waals surface area (Å²) in [5, 5.41) is 0. The van der Waals surface area contributed by atoms with Crippen molar-refractivity contribution in [2.75, 3.05) is 19.8 Å². The minimum Gasteiger partial charge on any atom is -0.461 e. The van der Waals surface area contributed by atoms with Gasteiger partial charge >= 0.3 is 11.9 Å². The van der Waals surface area contributed by atoms with Crippen LogP contribution >= 0.6 is 0 Å². The van der Waals surface area contributed by atoms with Crippen LogP contribution in [0.1, 0.15) is 0 Å². The standard InChI is InChI=1S/C16H19N2O4/c1-2-3-5-8-17-13-15(19)21-11-12-22-16(20)14-18-9-6-4-7-10-18/h2-10H,1,11-14H2/q+1/b5-3-,17-8?. The van der Waals surface area contributed by atoms with Gasteiger partial charge in [-0.2, -0.15) is 4.57 Å². The third-order valence-electron chi connectivity index (χ3n) is 2.36. The number of carbonyl (C=O) groups is 2. The number of nitrogens with zero attached hydrogens (tertiary/aromatic N) is 2. The molecule has 0 radical (unpaired) electrons. The van der Waals surface area contributed by atoms with E-state index in [2.05, 4.69) is 11.6 Å². The summed E-state index contributed by atoms with van der Waals surface area (Å²) in [5.74, 6) is -0.864. The molecule has 1 aromatic rings. The molecule has 6 heteroatoms. The normalized spacial score (nSPS) is 10.7. The van der Waals surface area contributed by atoms with Gasteiger partial charge in [0.1, 0.15) is 19.8 Å². The van der Waals surface area contributed by atoms with Crippen molar-refractivity contribution in [3.8, 4) is 0 Å². The highest BCUT2D eigenvalue weighted by molar-refractivity contribution is 5.77. The van der Waals surface area contributed by atoms with E-state index in [4.69, 9.17) is 9.47 Å². The lowest BCUT2D eigenvalue weighted by Crippen LogP contribution is -2.38. The monoisotopic (exact) mass is 303 g/mol. The molecule has 0 aromatic carbocycles. The van der Waals surface area contributed by atoms with Gasteiger partial charge in [0.05, 0.1) is 0 Å². The third-order valence-corrected chi connectivity index (χ3v) is 2.36. The Hall–Kier alpha value is -2.76. The highest BCUT2D eigenvalue weighted by atomic mass is 16.6. The number of carbonyl (C=O) groups excluding carboxylic acids is 2. The van der Waals surface area contributed by atoms with E-state index in [0.717, 1.165) is 0 Å². The molecule has 116 valence electrons. The van der Waals surface area contributed by atoms with Crippen LogP contribution in [0.3, 0.4) is 0 Å². The molecule has 0 unspecified atom stereocenters. The van der Waals surface area contributed by atoms with Gasteiger partial charge < -0.3 is 9.47 Å². The Balaban J connectivity index is 2.10. The Morgan fingerprint density at radius 2 is 1.73 bits per heavy atom. The summed E-state index contributed by atoms with van der Waals surface area (Å²) in [4.78, 5) is 26.6. The molecule has 0 amide bonds. The molecule has 22 heavy (non-hydrogen) atoms. The van der Waals surface area contributed by atoms with E-state index < -0.39 is 5.97 Å². The van der Waals surface area contributed by atoms with Crippen LogP contribution in [-0.4, -0.2) is 37.9 Å². The summed E-state index contributed by atoms with van der Waals surface area (Å²) >= 11 is 0. The summed E-state index contributed by atoms with van der Waals surface area (Å²) in [6, 6.07) is 5.50. The first kappa shape index (κ1) is 17.3. The molecule has 0 saturated carbocycles. The fourth-order valence-electron chi connectivity index (χ4n) is 1.41. The number of ether oxygens (including phenoxy) is 2. The van der Waals surface area contributed by atoms with E-state index in [1.807, 2.05) is 18.2 Å². The van der Waals surface area contributed by atoms with Crippen LogP contribution in [0, 0.1) is 0 Å². The average molecular weight is 303 g/mol. The first-order chi connectivity index (χ1) is 10.7. The molecule has 0 aliphatic rings. The molecule has 0 saturated heterocycles. The van der Waals surface area contributed by atoms with E-state index >= 15 is 0 Å². The van der Waals surface area contributed by atoms with Gasteiger partial charge in [-0.25, -0.2) is 4.79 Å². The first-order valence-corrected chi connectivity index (χ1v) is 6.75. The summed E-state index contributed by atoms with van der Waals surface area (Å²) in [7, 11) is 0. The van der Waals surface area contributed by atoms with Crippen LogP contribution in [0.25, 0.3) is 0 Å². The largest absolute Gasteiger partial charge is 0.461 e. The Labute approximate surface area is 129 Å². The molecule has 1 aromatic heterocycles. The summed E-state index contributed by atoms with van der Waals surface area (Å²) in [6.07, 6.45) is 9.97. The highest BCUT2D eigenvalue weighted by Crippen LogP contribution is 1.85. The second-order valence-electron chi connectivity index (χ2n) is 4.10. The summed E-state index contributed by atoms with van der Waals surface area (Å²) in [5.41, 5.74) is 0. The number of rotatable bonds is 9. The number of pyridine rings is 1. The Morgan fingerprint density at radius 1 is 1.05 bits per heavy atom. The fraction of sp³-hybridized carbons (Fsp3) is 0.250. The van der Waals surface area contributed by atoms with Gasteiger partial charge in [-0.1, -0.05) is 24.8 Å². The van der Waals surface area contributed by atoms with Crippen molar-refractivity contribution in [1.82, 2.24) is 0 Å². The van der Waals surface area contributed by atoms with Crippen molar-refractivity contribution in [2.24, 2.45) is 4.99 Å². The van der Waals surface area contributed by atoms with Crippen LogP contribution in [0.4, 0.5) is 0 Å². The number of hydrogen-bond acceptors (Lipinski definition) is 5. The van der Waals surface area contributed by atoms with Crippen LogP contribution in [0.15, 0.2) is 60.4 Å². The Kier molecular flexibility index (Phi) is 8.61. The SMILES string of the molecule is C=C/C=C\C=NCC(=O)OCCOC(=O)C[n+]1ccccc1. The van der Waals surface area contributed by atoms with Gasteiger partial charge in [0, 0.05) is 18.3 Å². The van der Waals surface area contributed by atoms with Crippen LogP contribution < -0.4 is 4.57 Å². The predicted molar refractivity (Wildman–Crippen MR) is 81.3 cm³/mol. The Morgan fingerprint density at radius 3 is 2.41 bits per heavy atom. The molecule has 0 aliphatic heterocycles. The van der Waals surface area contributed by atoms with E-state index in [9.17, 15) is 9.59 Å². The zero-order valence-corrected chi connectivity index (χ0v) is 12.3. The minimum atomic E-state index is -0.475. The smallest absolute Gasteiger partial charge is 0.372 e. The van der Waals surface area contributed by atoms with E-state index in [1.54, 1.807) is 35.2 Å². The molecule has 0 atom stereocenters. The van der Waals surface area contributed by atoms with Crippen molar-refractivity contribution < 1.29 is 23.6 Å². The zero-order valence-electron chi connectivity index (χ0n) is 12.3. The number of aromatic nitrogens is 1. The van der Waals surface area contributed by atoms with E-state index in [-0.39, 0.29) is 32.3 Å². The van der Waals surface area contributed by atoms with Crippen molar-refractivity contribution in [1.29, 1.82) is 0 Å². The van der Waals surface area contributed by atoms with Gasteiger partial charge in [-0.3, -0.25) is 9.79 Å². The average Bonchev–Trinajstić information content (AvgIpc) is 2.52. The maximum Gasteiger partial charge on any atom is 0.372 e.